The van der Waals surface area contributed by atoms with Crippen molar-refractivity contribution in [3.63, 3.8) is 0 Å². The van der Waals surface area contributed by atoms with Crippen LogP contribution in [0.1, 0.15) is 6.42 Å². The van der Waals surface area contributed by atoms with E-state index in [4.69, 9.17) is 0 Å². The van der Waals surface area contributed by atoms with Crippen LogP contribution in [0.5, 0.6) is 0 Å². The second kappa shape index (κ2) is 4.30. The van der Waals surface area contributed by atoms with Gasteiger partial charge in [0.15, 0.2) is 0 Å². The summed E-state index contributed by atoms with van der Waals surface area (Å²) in [6.45, 7) is 3.43. The van der Waals surface area contributed by atoms with Gasteiger partial charge in [0.2, 0.25) is 0 Å². The standard InChI is InChI=1S/C5H7FO2/c1-2-3-4-8-5(6)7/h2H,1,3-4H2. The topological polar surface area (TPSA) is 26.3 Å². The van der Waals surface area contributed by atoms with Crippen LogP contribution in [-0.2, 0) is 4.74 Å². The Labute approximate surface area is 47.0 Å². The molecule has 3 heteroatoms. The molecule has 0 unspecified atom stereocenters. The first-order valence-corrected chi connectivity index (χ1v) is 2.20. The van der Waals surface area contributed by atoms with Crippen LogP contribution in [0.3, 0.4) is 0 Å². The van der Waals surface area contributed by atoms with Gasteiger partial charge in [0.1, 0.15) is 0 Å². The van der Waals surface area contributed by atoms with E-state index < -0.39 is 6.22 Å². The average molecular weight is 118 g/mol. The fourth-order valence-electron chi connectivity index (χ4n) is 0.223. The molecule has 46 valence electrons. The molecule has 0 heterocycles. The van der Waals surface area contributed by atoms with E-state index in [0.717, 1.165) is 0 Å². The molecule has 0 aliphatic heterocycles. The van der Waals surface area contributed by atoms with E-state index in [9.17, 15) is 9.18 Å². The molecule has 0 aromatic rings. The van der Waals surface area contributed by atoms with E-state index in [-0.39, 0.29) is 6.61 Å². The van der Waals surface area contributed by atoms with Crippen LogP contribution in [0.2, 0.25) is 0 Å². The number of hydrogen-bond donors (Lipinski definition) is 0. The third-order valence-electron chi connectivity index (χ3n) is 0.538. The van der Waals surface area contributed by atoms with Crippen molar-refractivity contribution >= 4 is 6.22 Å². The summed E-state index contributed by atoms with van der Waals surface area (Å²) in [7, 11) is 0. The lowest BCUT2D eigenvalue weighted by atomic mass is 10.5. The summed E-state index contributed by atoms with van der Waals surface area (Å²) in [6.07, 6.45) is 0.311. The van der Waals surface area contributed by atoms with Gasteiger partial charge in [0.25, 0.3) is 0 Å². The average Bonchev–Trinajstić information content (AvgIpc) is 1.66. The minimum atomic E-state index is -1.73. The Bertz CT molecular complexity index is 90.4. The maximum Gasteiger partial charge on any atom is 0.495 e. The number of carbonyl (C=O) groups is 1. The van der Waals surface area contributed by atoms with Gasteiger partial charge in [-0.2, -0.15) is 0 Å². The predicted molar refractivity (Wildman–Crippen MR) is 27.3 cm³/mol. The third kappa shape index (κ3) is 5.14. The van der Waals surface area contributed by atoms with E-state index >= 15 is 0 Å². The molecule has 8 heavy (non-hydrogen) atoms. The molecule has 0 N–H and O–H groups in total. The second-order valence-corrected chi connectivity index (χ2v) is 1.16. The van der Waals surface area contributed by atoms with Crippen molar-refractivity contribution in [3.05, 3.63) is 12.7 Å². The SMILES string of the molecule is C=CCCOC(=O)F. The van der Waals surface area contributed by atoms with Gasteiger partial charge in [-0.1, -0.05) is 6.08 Å². The van der Waals surface area contributed by atoms with Gasteiger partial charge >= 0.3 is 6.22 Å². The first-order valence-electron chi connectivity index (χ1n) is 2.20. The molecule has 0 bridgehead atoms. The molecule has 2 nitrogen and oxygen atoms in total. The lowest BCUT2D eigenvalue weighted by molar-refractivity contribution is 0.122. The summed E-state index contributed by atoms with van der Waals surface area (Å²) < 4.78 is 15.0. The van der Waals surface area contributed by atoms with Crippen molar-refractivity contribution in [3.8, 4) is 0 Å². The zero-order valence-corrected chi connectivity index (χ0v) is 4.39. The number of carbonyl (C=O) groups excluding carboxylic acids is 1. The Hall–Kier alpha value is -0.860. The molecular formula is C5H7FO2. The molecule has 0 saturated heterocycles. The van der Waals surface area contributed by atoms with Gasteiger partial charge in [-0.05, 0) is 6.42 Å². The van der Waals surface area contributed by atoms with Crippen LogP contribution in [0.4, 0.5) is 9.18 Å². The monoisotopic (exact) mass is 118 g/mol. The normalized spacial score (nSPS) is 8.12. The Morgan fingerprint density at radius 2 is 2.50 bits per heavy atom. The molecule has 0 amide bonds. The second-order valence-electron chi connectivity index (χ2n) is 1.16. The van der Waals surface area contributed by atoms with E-state index in [1.54, 1.807) is 6.08 Å². The van der Waals surface area contributed by atoms with Crippen molar-refractivity contribution < 1.29 is 13.9 Å². The van der Waals surface area contributed by atoms with Gasteiger partial charge in [0.05, 0.1) is 6.61 Å². The van der Waals surface area contributed by atoms with Gasteiger partial charge in [0, 0.05) is 0 Å². The molecule has 0 fully saturated rings. The molecule has 0 aromatic heterocycles. The largest absolute Gasteiger partial charge is 0.495 e. The molecule has 0 radical (unpaired) electrons. The highest BCUT2D eigenvalue weighted by atomic mass is 19.1. The van der Waals surface area contributed by atoms with Crippen molar-refractivity contribution in [1.82, 2.24) is 0 Å². The zero-order chi connectivity index (χ0) is 6.41. The van der Waals surface area contributed by atoms with Crippen LogP contribution in [-0.4, -0.2) is 12.8 Å². The minimum absolute atomic E-state index is 0.0822. The van der Waals surface area contributed by atoms with Crippen LogP contribution in [0.15, 0.2) is 12.7 Å². The van der Waals surface area contributed by atoms with Crippen LogP contribution >= 0.6 is 0 Å². The molecule has 0 rings (SSSR count). The first-order chi connectivity index (χ1) is 3.77. The smallest absolute Gasteiger partial charge is 0.440 e. The summed E-state index contributed by atoms with van der Waals surface area (Å²) in [6, 6.07) is 0. The fraction of sp³-hybridized carbons (Fsp3) is 0.400. The molecule has 0 aliphatic carbocycles. The van der Waals surface area contributed by atoms with E-state index in [1.165, 1.54) is 0 Å². The van der Waals surface area contributed by atoms with E-state index in [0.29, 0.717) is 6.42 Å². The lowest BCUT2D eigenvalue weighted by Gasteiger charge is -1.91. The summed E-state index contributed by atoms with van der Waals surface area (Å²) in [5.74, 6) is 0. The first kappa shape index (κ1) is 7.14. The van der Waals surface area contributed by atoms with Crippen molar-refractivity contribution in [1.29, 1.82) is 0 Å². The van der Waals surface area contributed by atoms with Crippen molar-refractivity contribution in [2.75, 3.05) is 6.61 Å². The summed E-state index contributed by atoms with van der Waals surface area (Å²) in [5.41, 5.74) is 0. The van der Waals surface area contributed by atoms with E-state index in [1.807, 2.05) is 0 Å². The maximum absolute atomic E-state index is 11.1. The lowest BCUT2D eigenvalue weighted by Crippen LogP contribution is -1.94. The quantitative estimate of drug-likeness (QED) is 0.320. The van der Waals surface area contributed by atoms with Gasteiger partial charge in [-0.15, -0.1) is 11.0 Å². The number of hydrogen-bond acceptors (Lipinski definition) is 2. The summed E-state index contributed by atoms with van der Waals surface area (Å²) >= 11 is 0. The van der Waals surface area contributed by atoms with Crippen molar-refractivity contribution in [2.45, 2.75) is 6.42 Å². The summed E-state index contributed by atoms with van der Waals surface area (Å²) in [4.78, 5) is 9.40. The molecular weight excluding hydrogens is 111 g/mol. The third-order valence-corrected chi connectivity index (χ3v) is 0.538. The van der Waals surface area contributed by atoms with Crippen LogP contribution < -0.4 is 0 Å². The highest BCUT2D eigenvalue weighted by molar-refractivity contribution is 5.57. The van der Waals surface area contributed by atoms with Crippen LogP contribution in [0, 0.1) is 0 Å². The Kier molecular flexibility index (Phi) is 3.84. The Morgan fingerprint density at radius 1 is 1.88 bits per heavy atom. The van der Waals surface area contributed by atoms with Gasteiger partial charge in [-0.25, -0.2) is 4.79 Å². The fourth-order valence-corrected chi connectivity index (χ4v) is 0.223. The van der Waals surface area contributed by atoms with Crippen LogP contribution in [0.25, 0.3) is 0 Å². The maximum atomic E-state index is 11.1. The van der Waals surface area contributed by atoms with E-state index in [2.05, 4.69) is 11.3 Å². The highest BCUT2D eigenvalue weighted by Gasteiger charge is 1.92. The molecule has 0 aromatic carbocycles. The van der Waals surface area contributed by atoms with Crippen molar-refractivity contribution in [2.24, 2.45) is 0 Å². The predicted octanol–water partition coefficient (Wildman–Crippen LogP) is 1.67. The van der Waals surface area contributed by atoms with Gasteiger partial charge < -0.3 is 4.74 Å². The Morgan fingerprint density at radius 3 is 2.88 bits per heavy atom. The molecule has 0 aliphatic rings. The van der Waals surface area contributed by atoms with Gasteiger partial charge in [-0.3, -0.25) is 0 Å². The molecule has 0 saturated carbocycles. The summed E-state index contributed by atoms with van der Waals surface area (Å²) in [5, 5.41) is 0. The Balaban J connectivity index is 2.93. The zero-order valence-electron chi connectivity index (χ0n) is 4.39. The molecule has 0 spiro atoms. The number of ether oxygens (including phenoxy) is 1. The number of rotatable bonds is 3. The minimum Gasteiger partial charge on any atom is -0.440 e. The molecule has 0 atom stereocenters. The number of halogens is 1. The highest BCUT2D eigenvalue weighted by Crippen LogP contribution is 1.85.